The normalized spacial score (nSPS) is 30.8. The standard InChI is InChI=1S/C16H29BrO/c1-12(2)15(13(3)17)11-14-7-10-16(18-14)8-5-4-6-9-16/h12-15H,4-11H2,1-3H3. The Hall–Kier alpha value is 0.440. The summed E-state index contributed by atoms with van der Waals surface area (Å²) in [5.41, 5.74) is 0.292. The largest absolute Gasteiger partial charge is 0.372 e. The van der Waals surface area contributed by atoms with Crippen molar-refractivity contribution in [2.45, 2.75) is 88.7 Å². The van der Waals surface area contributed by atoms with Crippen LogP contribution in [0.4, 0.5) is 0 Å². The SMILES string of the molecule is CC(C)C(CC1CCC2(CCCCC2)O1)C(C)Br. The van der Waals surface area contributed by atoms with Crippen molar-refractivity contribution in [3.05, 3.63) is 0 Å². The molecular formula is C16H29BrO. The summed E-state index contributed by atoms with van der Waals surface area (Å²) in [4.78, 5) is 0.601. The summed E-state index contributed by atoms with van der Waals surface area (Å²) >= 11 is 3.78. The van der Waals surface area contributed by atoms with Gasteiger partial charge in [0.25, 0.3) is 0 Å². The zero-order chi connectivity index (χ0) is 13.2. The minimum Gasteiger partial charge on any atom is -0.372 e. The molecule has 1 aliphatic heterocycles. The van der Waals surface area contributed by atoms with Gasteiger partial charge in [0.05, 0.1) is 11.7 Å². The van der Waals surface area contributed by atoms with Crippen LogP contribution in [0.2, 0.25) is 0 Å². The Morgan fingerprint density at radius 1 is 1.11 bits per heavy atom. The molecule has 0 aromatic heterocycles. The topological polar surface area (TPSA) is 9.23 Å². The van der Waals surface area contributed by atoms with Gasteiger partial charge in [-0.2, -0.15) is 0 Å². The zero-order valence-electron chi connectivity index (χ0n) is 12.3. The quantitative estimate of drug-likeness (QED) is 0.638. The first-order valence-corrected chi connectivity index (χ1v) is 8.76. The van der Waals surface area contributed by atoms with E-state index in [0.29, 0.717) is 16.5 Å². The molecule has 0 aromatic carbocycles. The van der Waals surface area contributed by atoms with E-state index in [-0.39, 0.29) is 0 Å². The molecule has 2 fully saturated rings. The average Bonchev–Trinajstić information content (AvgIpc) is 2.69. The second-order valence-corrected chi connectivity index (χ2v) is 8.29. The number of rotatable bonds is 4. The number of alkyl halides is 1. The van der Waals surface area contributed by atoms with E-state index in [0.717, 1.165) is 11.8 Å². The third-order valence-corrected chi connectivity index (χ3v) is 5.76. The van der Waals surface area contributed by atoms with Crippen LogP contribution in [-0.4, -0.2) is 16.5 Å². The van der Waals surface area contributed by atoms with E-state index < -0.39 is 0 Å². The molecule has 0 bridgehead atoms. The number of halogens is 1. The predicted molar refractivity (Wildman–Crippen MR) is 81.3 cm³/mol. The van der Waals surface area contributed by atoms with Gasteiger partial charge in [-0.1, -0.05) is 56.0 Å². The fourth-order valence-electron chi connectivity index (χ4n) is 3.92. The molecule has 0 N–H and O–H groups in total. The van der Waals surface area contributed by atoms with Gasteiger partial charge in [-0.25, -0.2) is 0 Å². The highest BCUT2D eigenvalue weighted by atomic mass is 79.9. The molecule has 1 saturated carbocycles. The van der Waals surface area contributed by atoms with Gasteiger partial charge in [-0.3, -0.25) is 0 Å². The second-order valence-electron chi connectivity index (χ2n) is 6.84. The maximum absolute atomic E-state index is 6.50. The fourth-order valence-corrected chi connectivity index (χ4v) is 4.75. The molecule has 18 heavy (non-hydrogen) atoms. The van der Waals surface area contributed by atoms with Gasteiger partial charge in [0, 0.05) is 4.83 Å². The van der Waals surface area contributed by atoms with E-state index in [1.54, 1.807) is 0 Å². The molecule has 3 unspecified atom stereocenters. The Bertz CT molecular complexity index is 248. The number of hydrogen-bond acceptors (Lipinski definition) is 1. The van der Waals surface area contributed by atoms with Gasteiger partial charge < -0.3 is 4.74 Å². The lowest BCUT2D eigenvalue weighted by Crippen LogP contribution is -2.33. The fraction of sp³-hybridized carbons (Fsp3) is 1.00. The molecule has 1 aliphatic carbocycles. The van der Waals surface area contributed by atoms with Gasteiger partial charge in [0.1, 0.15) is 0 Å². The number of hydrogen-bond donors (Lipinski definition) is 0. The maximum atomic E-state index is 6.50. The average molecular weight is 317 g/mol. The van der Waals surface area contributed by atoms with Gasteiger partial charge in [0.2, 0.25) is 0 Å². The van der Waals surface area contributed by atoms with E-state index in [9.17, 15) is 0 Å². The van der Waals surface area contributed by atoms with Gasteiger partial charge in [-0.15, -0.1) is 0 Å². The van der Waals surface area contributed by atoms with E-state index in [1.807, 2.05) is 0 Å². The molecule has 1 saturated heterocycles. The molecule has 2 aliphatic rings. The van der Waals surface area contributed by atoms with Crippen molar-refractivity contribution in [3.63, 3.8) is 0 Å². The molecule has 2 heteroatoms. The van der Waals surface area contributed by atoms with Crippen LogP contribution in [0.5, 0.6) is 0 Å². The van der Waals surface area contributed by atoms with Crippen LogP contribution >= 0.6 is 15.9 Å². The van der Waals surface area contributed by atoms with Crippen molar-refractivity contribution in [2.24, 2.45) is 11.8 Å². The van der Waals surface area contributed by atoms with Crippen LogP contribution in [0.25, 0.3) is 0 Å². The van der Waals surface area contributed by atoms with Crippen molar-refractivity contribution < 1.29 is 4.74 Å². The summed E-state index contributed by atoms with van der Waals surface area (Å²) in [6.07, 6.45) is 11.2. The molecule has 1 nitrogen and oxygen atoms in total. The highest BCUT2D eigenvalue weighted by Crippen LogP contribution is 2.44. The Kier molecular flexibility index (Phi) is 5.16. The molecule has 106 valence electrons. The van der Waals surface area contributed by atoms with Crippen LogP contribution in [0.3, 0.4) is 0 Å². The van der Waals surface area contributed by atoms with Crippen LogP contribution in [0, 0.1) is 11.8 Å². The first kappa shape index (κ1) is 14.8. The second kappa shape index (κ2) is 6.26. The Labute approximate surface area is 121 Å². The van der Waals surface area contributed by atoms with Crippen LogP contribution in [-0.2, 0) is 4.74 Å². The monoisotopic (exact) mass is 316 g/mol. The minimum absolute atomic E-state index is 0.292. The summed E-state index contributed by atoms with van der Waals surface area (Å²) in [6, 6.07) is 0. The summed E-state index contributed by atoms with van der Waals surface area (Å²) in [6.45, 7) is 6.97. The highest BCUT2D eigenvalue weighted by Gasteiger charge is 2.41. The molecular weight excluding hydrogens is 288 g/mol. The lowest BCUT2D eigenvalue weighted by atomic mass is 9.82. The van der Waals surface area contributed by atoms with E-state index >= 15 is 0 Å². The van der Waals surface area contributed by atoms with Gasteiger partial charge >= 0.3 is 0 Å². The van der Waals surface area contributed by atoms with E-state index in [2.05, 4.69) is 36.7 Å². The molecule has 1 heterocycles. The summed E-state index contributed by atoms with van der Waals surface area (Å²) in [7, 11) is 0. The molecule has 0 aromatic rings. The van der Waals surface area contributed by atoms with Crippen molar-refractivity contribution in [1.29, 1.82) is 0 Å². The predicted octanol–water partition coefficient (Wildman–Crippen LogP) is 5.31. The molecule has 3 atom stereocenters. The van der Waals surface area contributed by atoms with Crippen molar-refractivity contribution in [2.75, 3.05) is 0 Å². The van der Waals surface area contributed by atoms with Crippen LogP contribution in [0.1, 0.15) is 72.1 Å². The van der Waals surface area contributed by atoms with Gasteiger partial charge in [0.15, 0.2) is 0 Å². The smallest absolute Gasteiger partial charge is 0.0687 e. The van der Waals surface area contributed by atoms with Crippen molar-refractivity contribution >= 4 is 15.9 Å². The molecule has 0 amide bonds. The highest BCUT2D eigenvalue weighted by molar-refractivity contribution is 9.09. The van der Waals surface area contributed by atoms with Crippen molar-refractivity contribution in [1.82, 2.24) is 0 Å². The summed E-state index contributed by atoms with van der Waals surface area (Å²) in [5.74, 6) is 1.49. The minimum atomic E-state index is 0.292. The first-order valence-electron chi connectivity index (χ1n) is 7.84. The Morgan fingerprint density at radius 2 is 1.78 bits per heavy atom. The molecule has 2 rings (SSSR count). The lowest BCUT2D eigenvalue weighted by Gasteiger charge is -2.34. The Morgan fingerprint density at radius 3 is 2.33 bits per heavy atom. The first-order chi connectivity index (χ1) is 8.52. The summed E-state index contributed by atoms with van der Waals surface area (Å²) in [5, 5.41) is 0. The van der Waals surface area contributed by atoms with Crippen LogP contribution in [0.15, 0.2) is 0 Å². The maximum Gasteiger partial charge on any atom is 0.0687 e. The summed E-state index contributed by atoms with van der Waals surface area (Å²) < 4.78 is 6.50. The number of ether oxygens (including phenoxy) is 1. The molecule has 0 radical (unpaired) electrons. The Balaban J connectivity index is 1.88. The zero-order valence-corrected chi connectivity index (χ0v) is 13.8. The van der Waals surface area contributed by atoms with Gasteiger partial charge in [-0.05, 0) is 43.9 Å². The third kappa shape index (κ3) is 3.50. The molecule has 1 spiro atoms. The van der Waals surface area contributed by atoms with Crippen molar-refractivity contribution in [3.8, 4) is 0 Å². The lowest BCUT2D eigenvalue weighted by molar-refractivity contribution is -0.0712. The van der Waals surface area contributed by atoms with E-state index in [4.69, 9.17) is 4.74 Å². The van der Waals surface area contributed by atoms with E-state index in [1.165, 1.54) is 51.4 Å². The van der Waals surface area contributed by atoms with Crippen LogP contribution < -0.4 is 0 Å². The third-order valence-electron chi connectivity index (χ3n) is 5.08.